The molecule has 1 rings (SSSR count). The number of nitrogens with two attached hydrogens (primary N) is 2. The Bertz CT molecular complexity index is 578. The fourth-order valence-corrected chi connectivity index (χ4v) is 2.24. The van der Waals surface area contributed by atoms with Gasteiger partial charge in [0.1, 0.15) is 0 Å². The first-order valence-electron chi connectivity index (χ1n) is 6.40. The molecule has 6 nitrogen and oxygen atoms in total. The summed E-state index contributed by atoms with van der Waals surface area (Å²) in [6, 6.07) is 5.57. The second-order valence-corrected chi connectivity index (χ2v) is 6.38. The van der Waals surface area contributed by atoms with Crippen LogP contribution in [0.4, 0.5) is 0 Å². The fraction of sp³-hybridized carbons (Fsp3) is 0.462. The van der Waals surface area contributed by atoms with E-state index in [4.69, 9.17) is 10.9 Å². The van der Waals surface area contributed by atoms with Crippen LogP contribution in [-0.2, 0) is 21.4 Å². The number of carbonyl (C=O) groups excluding carboxylic acids is 1. The van der Waals surface area contributed by atoms with Gasteiger partial charge in [-0.2, -0.15) is 0 Å². The Kier molecular flexibility index (Phi) is 7.87. The predicted molar refractivity (Wildman–Crippen MR) is 84.3 cm³/mol. The maximum Gasteiger partial charge on any atom is 0.238 e. The minimum absolute atomic E-state index is 0. The number of rotatable bonds is 6. The third-order valence-electron chi connectivity index (χ3n) is 3.25. The molecular formula is C13H22ClN3O3S. The maximum atomic E-state index is 11.8. The van der Waals surface area contributed by atoms with Crippen molar-refractivity contribution < 1.29 is 13.2 Å². The number of amides is 1. The molecule has 2 unspecified atom stereocenters. The van der Waals surface area contributed by atoms with Gasteiger partial charge in [0.2, 0.25) is 15.9 Å². The number of primary sulfonamides is 1. The first-order valence-corrected chi connectivity index (χ1v) is 7.95. The van der Waals surface area contributed by atoms with Crippen LogP contribution in [-0.4, -0.2) is 20.4 Å². The number of halogens is 1. The molecule has 0 saturated carbocycles. The molecule has 0 fully saturated rings. The van der Waals surface area contributed by atoms with E-state index in [1.165, 1.54) is 12.1 Å². The Labute approximate surface area is 131 Å². The van der Waals surface area contributed by atoms with Gasteiger partial charge in [-0.15, -0.1) is 12.4 Å². The Morgan fingerprint density at radius 3 is 2.52 bits per heavy atom. The number of sulfonamides is 1. The van der Waals surface area contributed by atoms with Gasteiger partial charge in [-0.05, 0) is 23.6 Å². The zero-order valence-corrected chi connectivity index (χ0v) is 13.7. The summed E-state index contributed by atoms with van der Waals surface area (Å²) in [5.41, 5.74) is 6.46. The summed E-state index contributed by atoms with van der Waals surface area (Å²) < 4.78 is 22.5. The van der Waals surface area contributed by atoms with E-state index >= 15 is 0 Å². The molecule has 1 aromatic rings. The molecule has 0 bridgehead atoms. The van der Waals surface area contributed by atoms with Gasteiger partial charge < -0.3 is 11.1 Å². The lowest BCUT2D eigenvalue weighted by molar-refractivity contribution is -0.123. The van der Waals surface area contributed by atoms with Gasteiger partial charge in [0.25, 0.3) is 0 Å². The quantitative estimate of drug-likeness (QED) is 0.711. The predicted octanol–water partition coefficient (Wildman–Crippen LogP) is 0.745. The number of nitrogens with one attached hydrogen (secondary N) is 1. The second-order valence-electron chi connectivity index (χ2n) is 4.82. The van der Waals surface area contributed by atoms with Crippen molar-refractivity contribution in [2.45, 2.75) is 37.8 Å². The fourth-order valence-electron chi connectivity index (χ4n) is 1.65. The van der Waals surface area contributed by atoms with E-state index < -0.39 is 16.1 Å². The molecule has 5 N–H and O–H groups in total. The van der Waals surface area contributed by atoms with E-state index in [-0.39, 0.29) is 35.7 Å². The topological polar surface area (TPSA) is 115 Å². The number of benzene rings is 1. The molecule has 2 atom stereocenters. The van der Waals surface area contributed by atoms with Gasteiger partial charge >= 0.3 is 0 Å². The van der Waals surface area contributed by atoms with Crippen molar-refractivity contribution in [1.82, 2.24) is 5.32 Å². The van der Waals surface area contributed by atoms with Crippen LogP contribution in [0.25, 0.3) is 0 Å². The van der Waals surface area contributed by atoms with E-state index in [1.807, 2.05) is 13.8 Å². The molecule has 0 aromatic heterocycles. The summed E-state index contributed by atoms with van der Waals surface area (Å²) in [5, 5.41) is 7.75. The number of carbonyl (C=O) groups is 1. The van der Waals surface area contributed by atoms with Gasteiger partial charge in [0, 0.05) is 6.54 Å². The van der Waals surface area contributed by atoms with Crippen LogP contribution in [0.3, 0.4) is 0 Å². The molecule has 1 amide bonds. The van der Waals surface area contributed by atoms with E-state index in [2.05, 4.69) is 5.32 Å². The van der Waals surface area contributed by atoms with Crippen LogP contribution in [0.5, 0.6) is 0 Å². The lowest BCUT2D eigenvalue weighted by Crippen LogP contribution is -2.44. The second kappa shape index (κ2) is 8.33. The maximum absolute atomic E-state index is 11.8. The molecule has 1 aromatic carbocycles. The third-order valence-corrected chi connectivity index (χ3v) is 4.16. The van der Waals surface area contributed by atoms with Crippen LogP contribution in [0.15, 0.2) is 29.2 Å². The van der Waals surface area contributed by atoms with E-state index in [1.54, 1.807) is 12.1 Å². The van der Waals surface area contributed by atoms with Crippen molar-refractivity contribution in [3.63, 3.8) is 0 Å². The summed E-state index contributed by atoms with van der Waals surface area (Å²) in [7, 11) is -3.74. The summed E-state index contributed by atoms with van der Waals surface area (Å²) in [6.07, 6.45) is 0.815. The molecular weight excluding hydrogens is 314 g/mol. The average Bonchev–Trinajstić information content (AvgIpc) is 2.42. The highest BCUT2D eigenvalue weighted by Crippen LogP contribution is 2.10. The highest BCUT2D eigenvalue weighted by molar-refractivity contribution is 7.89. The summed E-state index contributed by atoms with van der Waals surface area (Å²) in [6.45, 7) is 4.09. The largest absolute Gasteiger partial charge is 0.351 e. The summed E-state index contributed by atoms with van der Waals surface area (Å²) in [5.74, 6) is -0.161. The van der Waals surface area contributed by atoms with Crippen LogP contribution in [0.2, 0.25) is 0 Å². The van der Waals surface area contributed by atoms with Gasteiger partial charge in [-0.3, -0.25) is 4.79 Å². The zero-order valence-electron chi connectivity index (χ0n) is 12.1. The van der Waals surface area contributed by atoms with Crippen LogP contribution < -0.4 is 16.2 Å². The standard InChI is InChI=1S/C13H21N3O3S.ClH/c1-3-9(2)12(14)13(17)16-8-10-5-4-6-11(7-10)20(15,18)19;/h4-7,9,12H,3,8,14H2,1-2H3,(H,16,17)(H2,15,18,19);1H. The van der Waals surface area contributed by atoms with Crippen molar-refractivity contribution in [2.75, 3.05) is 0 Å². The first-order chi connectivity index (χ1) is 9.25. The molecule has 0 aliphatic rings. The van der Waals surface area contributed by atoms with Gasteiger partial charge in [0.15, 0.2) is 0 Å². The lowest BCUT2D eigenvalue weighted by Gasteiger charge is -2.17. The molecule has 0 radical (unpaired) electrons. The summed E-state index contributed by atoms with van der Waals surface area (Å²) >= 11 is 0. The van der Waals surface area contributed by atoms with Gasteiger partial charge in [-0.25, -0.2) is 13.6 Å². The third kappa shape index (κ3) is 6.01. The highest BCUT2D eigenvalue weighted by atomic mass is 35.5. The molecule has 8 heteroatoms. The Hall–Kier alpha value is -1.15. The molecule has 120 valence electrons. The van der Waals surface area contributed by atoms with E-state index in [9.17, 15) is 13.2 Å². The SMILES string of the molecule is CCC(C)C(N)C(=O)NCc1cccc(S(N)(=O)=O)c1.Cl. The van der Waals surface area contributed by atoms with Crippen LogP contribution >= 0.6 is 12.4 Å². The van der Waals surface area contributed by atoms with Gasteiger partial charge in [0.05, 0.1) is 10.9 Å². The van der Waals surface area contributed by atoms with E-state index in [0.717, 1.165) is 6.42 Å². The Morgan fingerprint density at radius 1 is 1.38 bits per heavy atom. The Balaban J connectivity index is 0.00000400. The molecule has 21 heavy (non-hydrogen) atoms. The van der Waals surface area contributed by atoms with Gasteiger partial charge in [-0.1, -0.05) is 32.4 Å². The van der Waals surface area contributed by atoms with Crippen LogP contribution in [0, 0.1) is 5.92 Å². The van der Waals surface area contributed by atoms with E-state index in [0.29, 0.717) is 5.56 Å². The van der Waals surface area contributed by atoms with Crippen molar-refractivity contribution in [2.24, 2.45) is 16.8 Å². The Morgan fingerprint density at radius 2 is 2.00 bits per heavy atom. The van der Waals surface area contributed by atoms with Crippen molar-refractivity contribution in [1.29, 1.82) is 0 Å². The lowest BCUT2D eigenvalue weighted by atomic mass is 9.99. The van der Waals surface area contributed by atoms with Crippen molar-refractivity contribution in [3.8, 4) is 0 Å². The number of hydrogen-bond acceptors (Lipinski definition) is 4. The normalized spacial score (nSPS) is 13.9. The molecule has 0 aliphatic heterocycles. The van der Waals surface area contributed by atoms with Crippen molar-refractivity contribution >= 4 is 28.3 Å². The highest BCUT2D eigenvalue weighted by Gasteiger charge is 2.19. The molecule has 0 saturated heterocycles. The minimum atomic E-state index is -3.74. The minimum Gasteiger partial charge on any atom is -0.351 e. The molecule has 0 aliphatic carbocycles. The smallest absolute Gasteiger partial charge is 0.238 e. The molecule has 0 spiro atoms. The van der Waals surface area contributed by atoms with Crippen molar-refractivity contribution in [3.05, 3.63) is 29.8 Å². The zero-order chi connectivity index (χ0) is 15.3. The molecule has 0 heterocycles. The average molecular weight is 336 g/mol. The monoisotopic (exact) mass is 335 g/mol. The van der Waals surface area contributed by atoms with Crippen LogP contribution in [0.1, 0.15) is 25.8 Å². The number of hydrogen-bond donors (Lipinski definition) is 3. The first kappa shape index (κ1) is 19.9. The summed E-state index contributed by atoms with van der Waals surface area (Å²) in [4.78, 5) is 11.8.